The maximum Gasteiger partial charge on any atom is 0.273 e. The zero-order valence-electron chi connectivity index (χ0n) is 11.4. The molecule has 2 N–H and O–H groups in total. The van der Waals surface area contributed by atoms with Gasteiger partial charge in [0, 0.05) is 19.1 Å². The summed E-state index contributed by atoms with van der Waals surface area (Å²) in [7, 11) is 0. The highest BCUT2D eigenvalue weighted by atomic mass is 16.2. The van der Waals surface area contributed by atoms with Crippen LogP contribution in [0, 0.1) is 5.41 Å². The van der Waals surface area contributed by atoms with Gasteiger partial charge in [0.2, 0.25) is 0 Å². The van der Waals surface area contributed by atoms with Crippen LogP contribution in [0.3, 0.4) is 0 Å². The van der Waals surface area contributed by atoms with Gasteiger partial charge in [-0.05, 0) is 12.3 Å². The zero-order chi connectivity index (χ0) is 13.3. The molecule has 0 aliphatic carbocycles. The topological polar surface area (TPSA) is 71.8 Å². The molecule has 18 heavy (non-hydrogen) atoms. The van der Waals surface area contributed by atoms with Gasteiger partial charge in [-0.2, -0.15) is 0 Å². The van der Waals surface area contributed by atoms with Gasteiger partial charge >= 0.3 is 0 Å². The number of amides is 1. The molecule has 1 aromatic heterocycles. The Morgan fingerprint density at radius 3 is 2.72 bits per heavy atom. The van der Waals surface area contributed by atoms with Gasteiger partial charge in [-0.25, -0.2) is 4.68 Å². The summed E-state index contributed by atoms with van der Waals surface area (Å²) in [5.41, 5.74) is 0.418. The molecule has 1 aliphatic heterocycles. The van der Waals surface area contributed by atoms with Gasteiger partial charge in [-0.1, -0.05) is 26.0 Å². The van der Waals surface area contributed by atoms with E-state index in [1.807, 2.05) is 6.92 Å². The van der Waals surface area contributed by atoms with E-state index in [0.717, 1.165) is 13.1 Å². The number of rotatable bonds is 3. The second-order valence-electron chi connectivity index (χ2n) is 5.96. The van der Waals surface area contributed by atoms with E-state index in [9.17, 15) is 4.79 Å². The summed E-state index contributed by atoms with van der Waals surface area (Å²) in [5, 5.41) is 14.0. The van der Waals surface area contributed by atoms with Crippen LogP contribution >= 0.6 is 0 Å². The van der Waals surface area contributed by atoms with Crippen LogP contribution in [0.4, 0.5) is 0 Å². The normalized spacial score (nSPS) is 18.2. The number of hydrogen-bond acceptors (Lipinski definition) is 4. The summed E-state index contributed by atoms with van der Waals surface area (Å²) in [4.78, 5) is 12.0. The SMILES string of the molecule is CC(NC(=O)c1cn(C2CNC2)nn1)C(C)(C)C. The lowest BCUT2D eigenvalue weighted by atomic mass is 9.88. The minimum atomic E-state index is -0.157. The minimum Gasteiger partial charge on any atom is -0.348 e. The number of carbonyl (C=O) groups is 1. The number of aromatic nitrogens is 3. The van der Waals surface area contributed by atoms with E-state index in [0.29, 0.717) is 11.7 Å². The first-order chi connectivity index (χ1) is 8.38. The Balaban J connectivity index is 1.98. The average molecular weight is 251 g/mol. The highest BCUT2D eigenvalue weighted by Gasteiger charge is 2.25. The molecular formula is C12H21N5O. The summed E-state index contributed by atoms with van der Waals surface area (Å²) in [6.45, 7) is 10.1. The summed E-state index contributed by atoms with van der Waals surface area (Å²) in [6.07, 6.45) is 1.72. The maximum atomic E-state index is 12.0. The number of nitrogens with one attached hydrogen (secondary N) is 2. The van der Waals surface area contributed by atoms with E-state index < -0.39 is 0 Å². The third-order valence-electron chi connectivity index (χ3n) is 3.52. The lowest BCUT2D eigenvalue weighted by molar-refractivity contribution is 0.0905. The molecule has 1 fully saturated rings. The Labute approximate surface area is 107 Å². The van der Waals surface area contributed by atoms with Crippen molar-refractivity contribution in [2.45, 2.75) is 39.8 Å². The molecule has 100 valence electrons. The largest absolute Gasteiger partial charge is 0.348 e. The molecule has 6 heteroatoms. The summed E-state index contributed by atoms with van der Waals surface area (Å²) >= 11 is 0. The predicted octanol–water partition coefficient (Wildman–Crippen LogP) is 0.587. The average Bonchev–Trinajstić information content (AvgIpc) is 2.62. The minimum absolute atomic E-state index is 0.0313. The van der Waals surface area contributed by atoms with Gasteiger partial charge in [0.05, 0.1) is 12.2 Å². The zero-order valence-corrected chi connectivity index (χ0v) is 11.4. The molecule has 6 nitrogen and oxygen atoms in total. The smallest absolute Gasteiger partial charge is 0.273 e. The number of hydrogen-bond donors (Lipinski definition) is 2. The first-order valence-electron chi connectivity index (χ1n) is 6.31. The molecule has 1 unspecified atom stereocenters. The standard InChI is InChI=1S/C12H21N5O/c1-8(12(2,3)4)14-11(18)10-7-17(16-15-10)9-5-13-6-9/h7-9,13H,5-6H2,1-4H3,(H,14,18). The van der Waals surface area contributed by atoms with Crippen molar-refractivity contribution in [2.24, 2.45) is 5.41 Å². The van der Waals surface area contributed by atoms with Crippen LogP contribution in [0.15, 0.2) is 6.20 Å². The van der Waals surface area contributed by atoms with E-state index in [2.05, 4.69) is 41.7 Å². The fourth-order valence-electron chi connectivity index (χ4n) is 1.51. The Bertz CT molecular complexity index is 430. The third-order valence-corrected chi connectivity index (χ3v) is 3.52. The molecule has 0 aromatic carbocycles. The molecular weight excluding hydrogens is 230 g/mol. The van der Waals surface area contributed by atoms with Crippen LogP contribution in [-0.2, 0) is 0 Å². The van der Waals surface area contributed by atoms with Gasteiger partial charge < -0.3 is 10.6 Å². The van der Waals surface area contributed by atoms with Crippen molar-refractivity contribution in [2.75, 3.05) is 13.1 Å². The highest BCUT2D eigenvalue weighted by molar-refractivity contribution is 5.92. The highest BCUT2D eigenvalue weighted by Crippen LogP contribution is 2.18. The van der Waals surface area contributed by atoms with E-state index >= 15 is 0 Å². The molecule has 1 amide bonds. The van der Waals surface area contributed by atoms with Gasteiger partial charge in [-0.15, -0.1) is 5.10 Å². The van der Waals surface area contributed by atoms with Gasteiger partial charge in [0.1, 0.15) is 0 Å². The Hall–Kier alpha value is -1.43. The molecule has 0 spiro atoms. The van der Waals surface area contributed by atoms with Crippen molar-refractivity contribution in [1.82, 2.24) is 25.6 Å². The van der Waals surface area contributed by atoms with Crippen LogP contribution < -0.4 is 10.6 Å². The fraction of sp³-hybridized carbons (Fsp3) is 0.750. The second kappa shape index (κ2) is 4.68. The van der Waals surface area contributed by atoms with Crippen LogP contribution in [0.5, 0.6) is 0 Å². The maximum absolute atomic E-state index is 12.0. The lowest BCUT2D eigenvalue weighted by Crippen LogP contribution is -2.43. The summed E-state index contributed by atoms with van der Waals surface area (Å²) < 4.78 is 1.76. The quantitative estimate of drug-likeness (QED) is 0.824. The van der Waals surface area contributed by atoms with Crippen LogP contribution in [0.2, 0.25) is 0 Å². The molecule has 0 radical (unpaired) electrons. The van der Waals surface area contributed by atoms with E-state index in [1.165, 1.54) is 0 Å². The van der Waals surface area contributed by atoms with E-state index in [-0.39, 0.29) is 17.4 Å². The molecule has 1 saturated heterocycles. The molecule has 1 atom stereocenters. The van der Waals surface area contributed by atoms with Crippen LogP contribution in [-0.4, -0.2) is 40.0 Å². The first-order valence-corrected chi connectivity index (χ1v) is 6.31. The Kier molecular flexibility index (Phi) is 3.38. The predicted molar refractivity (Wildman–Crippen MR) is 68.3 cm³/mol. The van der Waals surface area contributed by atoms with Crippen molar-refractivity contribution in [3.05, 3.63) is 11.9 Å². The van der Waals surface area contributed by atoms with Gasteiger partial charge in [-0.3, -0.25) is 4.79 Å². The van der Waals surface area contributed by atoms with Crippen molar-refractivity contribution >= 4 is 5.91 Å². The molecule has 0 saturated carbocycles. The van der Waals surface area contributed by atoms with Gasteiger partial charge in [0.25, 0.3) is 5.91 Å². The van der Waals surface area contributed by atoms with Crippen molar-refractivity contribution in [1.29, 1.82) is 0 Å². The third kappa shape index (κ3) is 2.69. The fourth-order valence-corrected chi connectivity index (χ4v) is 1.51. The second-order valence-corrected chi connectivity index (χ2v) is 5.96. The van der Waals surface area contributed by atoms with E-state index in [1.54, 1.807) is 10.9 Å². The molecule has 2 rings (SSSR count). The van der Waals surface area contributed by atoms with Crippen LogP contribution in [0.25, 0.3) is 0 Å². The number of nitrogens with zero attached hydrogens (tertiary/aromatic N) is 3. The van der Waals surface area contributed by atoms with Crippen molar-refractivity contribution in [3.8, 4) is 0 Å². The monoisotopic (exact) mass is 251 g/mol. The van der Waals surface area contributed by atoms with Gasteiger partial charge in [0.15, 0.2) is 5.69 Å². The molecule has 2 heterocycles. The van der Waals surface area contributed by atoms with Crippen LogP contribution in [0.1, 0.15) is 44.2 Å². The molecule has 1 aliphatic rings. The Morgan fingerprint density at radius 1 is 1.56 bits per heavy atom. The Morgan fingerprint density at radius 2 is 2.22 bits per heavy atom. The lowest BCUT2D eigenvalue weighted by Gasteiger charge is -2.27. The molecule has 1 aromatic rings. The molecule has 0 bridgehead atoms. The first kappa shape index (κ1) is 13.0. The van der Waals surface area contributed by atoms with Crippen molar-refractivity contribution < 1.29 is 4.79 Å². The summed E-state index contributed by atoms with van der Waals surface area (Å²) in [5.74, 6) is -0.157. The van der Waals surface area contributed by atoms with E-state index in [4.69, 9.17) is 0 Å². The number of carbonyl (C=O) groups excluding carboxylic acids is 1. The summed E-state index contributed by atoms with van der Waals surface area (Å²) in [6, 6.07) is 0.416. The van der Waals surface area contributed by atoms with Crippen molar-refractivity contribution in [3.63, 3.8) is 0 Å².